The van der Waals surface area contributed by atoms with Gasteiger partial charge >= 0.3 is 6.09 Å². The van der Waals surface area contributed by atoms with E-state index in [0.29, 0.717) is 59.0 Å². The maximum atomic E-state index is 11.2. The molecule has 1 atom stereocenters. The van der Waals surface area contributed by atoms with E-state index in [1.807, 2.05) is 6.07 Å². The molecule has 2 aromatic heterocycles. The summed E-state index contributed by atoms with van der Waals surface area (Å²) in [6.07, 6.45) is 1.37. The fraction of sp³-hybridized carbons (Fsp3) is 0.333. The van der Waals surface area contributed by atoms with Crippen LogP contribution in [0.4, 0.5) is 10.7 Å². The van der Waals surface area contributed by atoms with Gasteiger partial charge < -0.3 is 20.1 Å². The molecule has 1 amide bonds. The van der Waals surface area contributed by atoms with Crippen molar-refractivity contribution in [3.63, 3.8) is 0 Å². The number of fused-ring (bicyclic) bond motifs is 1. The van der Waals surface area contributed by atoms with Gasteiger partial charge in [0, 0.05) is 19.6 Å². The Kier molecular flexibility index (Phi) is 5.33. The summed E-state index contributed by atoms with van der Waals surface area (Å²) in [5.41, 5.74) is 2.18. The van der Waals surface area contributed by atoms with Crippen LogP contribution >= 0.6 is 23.2 Å². The normalized spacial score (nSPS) is 16.4. The molecule has 4 rings (SSSR count). The maximum absolute atomic E-state index is 11.2. The van der Waals surface area contributed by atoms with Crippen molar-refractivity contribution in [3.8, 4) is 5.88 Å². The van der Waals surface area contributed by atoms with E-state index >= 15 is 0 Å². The van der Waals surface area contributed by atoms with E-state index < -0.39 is 6.09 Å². The summed E-state index contributed by atoms with van der Waals surface area (Å²) >= 11 is 12.0. The zero-order valence-corrected chi connectivity index (χ0v) is 17.0. The highest BCUT2D eigenvalue weighted by Gasteiger charge is 2.30. The highest BCUT2D eigenvalue weighted by molar-refractivity contribution is 6.42. The fourth-order valence-electron chi connectivity index (χ4n) is 3.37. The van der Waals surface area contributed by atoms with E-state index in [2.05, 4.69) is 20.4 Å². The number of anilines is 1. The zero-order valence-electron chi connectivity index (χ0n) is 15.5. The predicted octanol–water partition coefficient (Wildman–Crippen LogP) is 3.68. The molecule has 1 aliphatic heterocycles. The van der Waals surface area contributed by atoms with Gasteiger partial charge in [0.2, 0.25) is 11.8 Å². The Morgan fingerprint density at radius 3 is 2.86 bits per heavy atom. The fourth-order valence-corrected chi connectivity index (χ4v) is 3.70. The van der Waals surface area contributed by atoms with Crippen LogP contribution in [0.1, 0.15) is 18.0 Å². The molecular formula is C18H18Cl2N6O3. The topological polar surface area (TPSA) is 105 Å². The van der Waals surface area contributed by atoms with Crippen LogP contribution in [0.5, 0.6) is 5.88 Å². The minimum Gasteiger partial charge on any atom is -0.479 e. The average Bonchev–Trinajstić information content (AvgIpc) is 3.35. The minimum atomic E-state index is -0.930. The maximum Gasteiger partial charge on any atom is 0.407 e. The molecule has 1 aromatic carbocycles. The average molecular weight is 437 g/mol. The number of carbonyl (C=O) groups is 1. The number of hydrogen-bond donors (Lipinski definition) is 2. The predicted molar refractivity (Wildman–Crippen MR) is 109 cm³/mol. The van der Waals surface area contributed by atoms with Gasteiger partial charge in [-0.1, -0.05) is 29.3 Å². The highest BCUT2D eigenvalue weighted by Crippen LogP contribution is 2.30. The molecule has 0 spiro atoms. The summed E-state index contributed by atoms with van der Waals surface area (Å²) in [7, 11) is 1.53. The van der Waals surface area contributed by atoms with Crippen LogP contribution in [0.3, 0.4) is 0 Å². The number of halogens is 2. The number of carboxylic acid groups (broad SMARTS) is 1. The number of rotatable bonds is 5. The van der Waals surface area contributed by atoms with Crippen LogP contribution in [0.15, 0.2) is 24.4 Å². The van der Waals surface area contributed by atoms with Crippen LogP contribution in [0.2, 0.25) is 10.0 Å². The quantitative estimate of drug-likeness (QED) is 0.627. The first-order valence-corrected chi connectivity index (χ1v) is 9.66. The van der Waals surface area contributed by atoms with E-state index in [1.165, 1.54) is 12.0 Å². The molecule has 2 N–H and O–H groups in total. The monoisotopic (exact) mass is 436 g/mol. The molecule has 1 aliphatic rings. The van der Waals surface area contributed by atoms with Gasteiger partial charge in [-0.05, 0) is 24.1 Å². The van der Waals surface area contributed by atoms with Crippen molar-refractivity contribution in [1.82, 2.24) is 24.6 Å². The molecule has 29 heavy (non-hydrogen) atoms. The number of ether oxygens (including phenoxy) is 1. The highest BCUT2D eigenvalue weighted by atomic mass is 35.5. The number of nitrogens with zero attached hydrogens (tertiary/aromatic N) is 5. The molecule has 0 bridgehead atoms. The first kappa shape index (κ1) is 19.5. The molecule has 0 radical (unpaired) electrons. The summed E-state index contributed by atoms with van der Waals surface area (Å²) in [5.74, 6) is 0.761. The van der Waals surface area contributed by atoms with Gasteiger partial charge in [0.25, 0.3) is 0 Å². The Labute approximate surface area is 176 Å². The third kappa shape index (κ3) is 3.88. The van der Waals surface area contributed by atoms with Crippen molar-refractivity contribution in [1.29, 1.82) is 0 Å². The smallest absolute Gasteiger partial charge is 0.407 e. The van der Waals surface area contributed by atoms with Gasteiger partial charge in [0.1, 0.15) is 11.0 Å². The molecular weight excluding hydrogens is 419 g/mol. The third-order valence-electron chi connectivity index (χ3n) is 4.82. The molecule has 1 saturated heterocycles. The molecule has 3 aromatic rings. The van der Waals surface area contributed by atoms with Gasteiger partial charge in [-0.3, -0.25) is 4.68 Å². The minimum absolute atomic E-state index is 0.0869. The summed E-state index contributed by atoms with van der Waals surface area (Å²) < 4.78 is 7.22. The molecule has 9 nitrogen and oxygen atoms in total. The standard InChI is InChI=1S/C18H18Cl2N6O3/c1-29-16-15-14(8-22-26(15)11-4-5-25(9-11)18(27)28)23-17(24-16)21-7-10-2-3-12(19)13(20)6-10/h2-3,6,8,11H,4-5,7,9H2,1H3,(H,27,28)(H,21,23,24). The van der Waals surface area contributed by atoms with Gasteiger partial charge in [-0.2, -0.15) is 10.1 Å². The first-order chi connectivity index (χ1) is 14.0. The van der Waals surface area contributed by atoms with Crippen molar-refractivity contribution in [2.45, 2.75) is 19.0 Å². The molecule has 0 aliphatic carbocycles. The lowest BCUT2D eigenvalue weighted by Gasteiger charge is -2.15. The largest absolute Gasteiger partial charge is 0.479 e. The van der Waals surface area contributed by atoms with Crippen LogP contribution < -0.4 is 10.1 Å². The summed E-state index contributed by atoms with van der Waals surface area (Å²) in [4.78, 5) is 21.5. The van der Waals surface area contributed by atoms with Gasteiger partial charge in [-0.15, -0.1) is 0 Å². The number of aromatic nitrogens is 4. The van der Waals surface area contributed by atoms with Crippen molar-refractivity contribution in [3.05, 3.63) is 40.0 Å². The van der Waals surface area contributed by atoms with Crippen LogP contribution in [0, 0.1) is 0 Å². The molecule has 1 fully saturated rings. The van der Waals surface area contributed by atoms with Gasteiger partial charge in [0.05, 0.1) is 29.4 Å². The third-order valence-corrected chi connectivity index (χ3v) is 5.56. The summed E-state index contributed by atoms with van der Waals surface area (Å²) in [6, 6.07) is 5.29. The Morgan fingerprint density at radius 2 is 2.17 bits per heavy atom. The molecule has 152 valence electrons. The van der Waals surface area contributed by atoms with E-state index in [-0.39, 0.29) is 6.04 Å². The zero-order chi connectivity index (χ0) is 20.5. The van der Waals surface area contributed by atoms with Gasteiger partial charge in [0.15, 0.2) is 0 Å². The molecule has 3 heterocycles. The number of benzene rings is 1. The van der Waals surface area contributed by atoms with Crippen molar-refractivity contribution >= 4 is 46.3 Å². The van der Waals surface area contributed by atoms with Gasteiger partial charge in [-0.25, -0.2) is 9.78 Å². The molecule has 1 unspecified atom stereocenters. The van der Waals surface area contributed by atoms with Crippen molar-refractivity contribution in [2.24, 2.45) is 0 Å². The Hall–Kier alpha value is -2.78. The number of methoxy groups -OCH3 is 1. The second-order valence-corrected chi connectivity index (χ2v) is 7.47. The molecule has 0 saturated carbocycles. The van der Waals surface area contributed by atoms with Crippen molar-refractivity contribution < 1.29 is 14.6 Å². The summed E-state index contributed by atoms with van der Waals surface area (Å²) in [6.45, 7) is 1.29. The van der Waals surface area contributed by atoms with Crippen molar-refractivity contribution in [2.75, 3.05) is 25.5 Å². The van der Waals surface area contributed by atoms with E-state index in [1.54, 1.807) is 23.0 Å². The van der Waals surface area contributed by atoms with Crippen LogP contribution in [-0.4, -0.2) is 56.0 Å². The summed E-state index contributed by atoms with van der Waals surface area (Å²) in [5, 5.41) is 17.7. The Morgan fingerprint density at radius 1 is 1.34 bits per heavy atom. The number of amides is 1. The number of nitrogens with one attached hydrogen (secondary N) is 1. The number of hydrogen-bond acceptors (Lipinski definition) is 6. The lowest BCUT2D eigenvalue weighted by Crippen LogP contribution is -2.27. The first-order valence-electron chi connectivity index (χ1n) is 8.91. The second-order valence-electron chi connectivity index (χ2n) is 6.65. The SMILES string of the molecule is COc1nc(NCc2ccc(Cl)c(Cl)c2)nc2cnn(C3CCN(C(=O)O)C3)c12. The Bertz CT molecular complexity index is 1070. The van der Waals surface area contributed by atoms with E-state index in [0.717, 1.165) is 5.56 Å². The lowest BCUT2D eigenvalue weighted by atomic mass is 10.2. The number of likely N-dealkylation sites (tertiary alicyclic amines) is 1. The Balaban J connectivity index is 1.58. The lowest BCUT2D eigenvalue weighted by molar-refractivity contribution is 0.154. The molecule has 11 heteroatoms. The van der Waals surface area contributed by atoms with E-state index in [9.17, 15) is 9.90 Å². The van der Waals surface area contributed by atoms with Crippen LogP contribution in [-0.2, 0) is 6.54 Å². The van der Waals surface area contributed by atoms with E-state index in [4.69, 9.17) is 27.9 Å². The van der Waals surface area contributed by atoms with Crippen LogP contribution in [0.25, 0.3) is 11.0 Å². The second kappa shape index (κ2) is 7.92.